The van der Waals surface area contributed by atoms with E-state index in [0.717, 1.165) is 17.8 Å². The second-order valence-electron chi connectivity index (χ2n) is 5.02. The predicted octanol–water partition coefficient (Wildman–Crippen LogP) is 5.39. The number of hydrogen-bond acceptors (Lipinski definition) is 2. The Balaban J connectivity index is 2.19. The first kappa shape index (κ1) is 14.9. The largest absolute Gasteiger partial charge is 0.377 e. The van der Waals surface area contributed by atoms with Gasteiger partial charge in [-0.25, -0.2) is 4.98 Å². The lowest BCUT2D eigenvalue weighted by atomic mass is 10.0. The average Bonchev–Trinajstić information content (AvgIpc) is 2.46. The second kappa shape index (κ2) is 7.30. The Hall–Kier alpha value is -1.54. The lowest BCUT2D eigenvalue weighted by molar-refractivity contribution is 0.634. The SMILES string of the molecule is CCCCC(Nc1ccc(Cl)nc1C)c1ccccc1. The van der Waals surface area contributed by atoms with Gasteiger partial charge in [-0.3, -0.25) is 0 Å². The van der Waals surface area contributed by atoms with Crippen LogP contribution in [0.3, 0.4) is 0 Å². The Kier molecular flexibility index (Phi) is 5.42. The van der Waals surface area contributed by atoms with Gasteiger partial charge in [-0.2, -0.15) is 0 Å². The molecule has 106 valence electrons. The van der Waals surface area contributed by atoms with Gasteiger partial charge in [0.05, 0.1) is 17.4 Å². The summed E-state index contributed by atoms with van der Waals surface area (Å²) >= 11 is 5.92. The molecule has 1 aromatic heterocycles. The van der Waals surface area contributed by atoms with Crippen LogP contribution in [0.25, 0.3) is 0 Å². The van der Waals surface area contributed by atoms with Crippen molar-refractivity contribution in [3.8, 4) is 0 Å². The van der Waals surface area contributed by atoms with Gasteiger partial charge in [-0.15, -0.1) is 0 Å². The van der Waals surface area contributed by atoms with Crippen molar-refractivity contribution in [1.82, 2.24) is 4.98 Å². The van der Waals surface area contributed by atoms with Crippen LogP contribution in [0.15, 0.2) is 42.5 Å². The molecule has 0 fully saturated rings. The van der Waals surface area contributed by atoms with E-state index in [-0.39, 0.29) is 0 Å². The van der Waals surface area contributed by atoms with Gasteiger partial charge in [0, 0.05) is 0 Å². The van der Waals surface area contributed by atoms with Gasteiger partial charge in [-0.05, 0) is 31.0 Å². The average molecular weight is 289 g/mol. The van der Waals surface area contributed by atoms with Crippen molar-refractivity contribution in [1.29, 1.82) is 0 Å². The van der Waals surface area contributed by atoms with Gasteiger partial charge < -0.3 is 5.32 Å². The highest BCUT2D eigenvalue weighted by Gasteiger charge is 2.12. The van der Waals surface area contributed by atoms with Crippen LogP contribution in [0.5, 0.6) is 0 Å². The van der Waals surface area contributed by atoms with Crippen molar-refractivity contribution in [2.45, 2.75) is 39.2 Å². The molecule has 1 heterocycles. The molecule has 1 aromatic carbocycles. The second-order valence-corrected chi connectivity index (χ2v) is 5.40. The molecule has 0 aliphatic carbocycles. The molecule has 0 spiro atoms. The monoisotopic (exact) mass is 288 g/mol. The maximum Gasteiger partial charge on any atom is 0.129 e. The minimum Gasteiger partial charge on any atom is -0.377 e. The topological polar surface area (TPSA) is 24.9 Å². The van der Waals surface area contributed by atoms with Crippen LogP contribution in [-0.4, -0.2) is 4.98 Å². The predicted molar refractivity (Wildman–Crippen MR) is 86.3 cm³/mol. The minimum absolute atomic E-state index is 0.317. The van der Waals surface area contributed by atoms with E-state index in [1.54, 1.807) is 0 Å². The number of anilines is 1. The van der Waals surface area contributed by atoms with Crippen LogP contribution in [0.2, 0.25) is 5.15 Å². The lowest BCUT2D eigenvalue weighted by Gasteiger charge is -2.21. The highest BCUT2D eigenvalue weighted by atomic mass is 35.5. The molecule has 0 saturated heterocycles. The van der Waals surface area contributed by atoms with Gasteiger partial charge in [0.2, 0.25) is 0 Å². The number of nitrogens with zero attached hydrogens (tertiary/aromatic N) is 1. The molecule has 2 aromatic rings. The molecule has 2 nitrogen and oxygen atoms in total. The fourth-order valence-corrected chi connectivity index (χ4v) is 2.48. The van der Waals surface area contributed by atoms with Crippen LogP contribution < -0.4 is 5.32 Å². The first-order chi connectivity index (χ1) is 9.70. The lowest BCUT2D eigenvalue weighted by Crippen LogP contribution is -2.12. The summed E-state index contributed by atoms with van der Waals surface area (Å²) in [5.41, 5.74) is 3.31. The molecule has 0 saturated carbocycles. The Morgan fingerprint density at radius 2 is 1.90 bits per heavy atom. The minimum atomic E-state index is 0.317. The molecule has 1 N–H and O–H groups in total. The Morgan fingerprint density at radius 1 is 1.15 bits per heavy atom. The third-order valence-corrected chi connectivity index (χ3v) is 3.64. The quantitative estimate of drug-likeness (QED) is 0.721. The van der Waals surface area contributed by atoms with Crippen molar-refractivity contribution in [3.63, 3.8) is 0 Å². The van der Waals surface area contributed by atoms with Gasteiger partial charge >= 0.3 is 0 Å². The molecule has 2 rings (SSSR count). The molecular formula is C17H21ClN2. The van der Waals surface area contributed by atoms with E-state index in [1.807, 2.05) is 19.1 Å². The standard InChI is InChI=1S/C17H21ClN2/c1-3-4-10-16(14-8-6-5-7-9-14)20-15-11-12-17(18)19-13(15)2/h5-9,11-12,16,20H,3-4,10H2,1-2H3. The number of benzene rings is 1. The molecule has 3 heteroatoms. The number of nitrogens with one attached hydrogen (secondary N) is 1. The first-order valence-corrected chi connectivity index (χ1v) is 7.53. The van der Waals surface area contributed by atoms with E-state index in [4.69, 9.17) is 11.6 Å². The van der Waals surface area contributed by atoms with Gasteiger partial charge in [0.1, 0.15) is 5.15 Å². The van der Waals surface area contributed by atoms with Crippen LogP contribution in [-0.2, 0) is 0 Å². The molecule has 1 unspecified atom stereocenters. The molecule has 0 amide bonds. The summed E-state index contributed by atoms with van der Waals surface area (Å²) in [5.74, 6) is 0. The van der Waals surface area contributed by atoms with Gasteiger partial charge in [0.25, 0.3) is 0 Å². The maximum absolute atomic E-state index is 5.92. The zero-order valence-corrected chi connectivity index (χ0v) is 12.8. The summed E-state index contributed by atoms with van der Waals surface area (Å²) in [6, 6.07) is 14.7. The number of halogens is 1. The summed E-state index contributed by atoms with van der Waals surface area (Å²) in [7, 11) is 0. The van der Waals surface area contributed by atoms with E-state index in [2.05, 4.69) is 47.6 Å². The first-order valence-electron chi connectivity index (χ1n) is 7.15. The summed E-state index contributed by atoms with van der Waals surface area (Å²) in [6.07, 6.45) is 3.51. The fraction of sp³-hybridized carbons (Fsp3) is 0.353. The zero-order valence-electron chi connectivity index (χ0n) is 12.1. The molecule has 1 atom stereocenters. The highest BCUT2D eigenvalue weighted by molar-refractivity contribution is 6.29. The van der Waals surface area contributed by atoms with Crippen molar-refractivity contribution >= 4 is 17.3 Å². The van der Waals surface area contributed by atoms with Gasteiger partial charge in [0.15, 0.2) is 0 Å². The van der Waals surface area contributed by atoms with E-state index >= 15 is 0 Å². The van der Waals surface area contributed by atoms with E-state index in [1.165, 1.54) is 18.4 Å². The number of aryl methyl sites for hydroxylation is 1. The molecule has 0 aliphatic rings. The smallest absolute Gasteiger partial charge is 0.129 e. The third-order valence-electron chi connectivity index (χ3n) is 3.43. The third kappa shape index (κ3) is 3.97. The van der Waals surface area contributed by atoms with Crippen LogP contribution in [0.1, 0.15) is 43.5 Å². The number of aromatic nitrogens is 1. The number of hydrogen-bond donors (Lipinski definition) is 1. The van der Waals surface area contributed by atoms with E-state index in [9.17, 15) is 0 Å². The van der Waals surface area contributed by atoms with Crippen LogP contribution >= 0.6 is 11.6 Å². The van der Waals surface area contributed by atoms with Crippen molar-refractivity contribution < 1.29 is 0 Å². The Morgan fingerprint density at radius 3 is 2.55 bits per heavy atom. The van der Waals surface area contributed by atoms with Crippen LogP contribution in [0.4, 0.5) is 5.69 Å². The molecular weight excluding hydrogens is 268 g/mol. The molecule has 20 heavy (non-hydrogen) atoms. The van der Waals surface area contributed by atoms with Crippen molar-refractivity contribution in [2.24, 2.45) is 0 Å². The van der Waals surface area contributed by atoms with Crippen molar-refractivity contribution in [3.05, 3.63) is 58.9 Å². The zero-order chi connectivity index (χ0) is 14.4. The summed E-state index contributed by atoms with van der Waals surface area (Å²) in [4.78, 5) is 4.30. The Bertz CT molecular complexity index is 540. The van der Waals surface area contributed by atoms with Crippen molar-refractivity contribution in [2.75, 3.05) is 5.32 Å². The van der Waals surface area contributed by atoms with Gasteiger partial charge in [-0.1, -0.05) is 61.7 Å². The summed E-state index contributed by atoms with van der Waals surface area (Å²) in [5, 5.41) is 4.14. The molecule has 0 bridgehead atoms. The Labute approximate surface area is 126 Å². The fourth-order valence-electron chi connectivity index (χ4n) is 2.29. The number of unbranched alkanes of at least 4 members (excludes halogenated alkanes) is 1. The molecule has 0 aliphatic heterocycles. The number of pyridine rings is 1. The highest BCUT2D eigenvalue weighted by Crippen LogP contribution is 2.26. The normalized spacial score (nSPS) is 12.2. The van der Waals surface area contributed by atoms with E-state index in [0.29, 0.717) is 11.2 Å². The molecule has 0 radical (unpaired) electrons. The maximum atomic E-state index is 5.92. The van der Waals surface area contributed by atoms with E-state index < -0.39 is 0 Å². The summed E-state index contributed by atoms with van der Waals surface area (Å²) in [6.45, 7) is 4.20. The number of rotatable bonds is 6. The van der Waals surface area contributed by atoms with Crippen LogP contribution in [0, 0.1) is 6.92 Å². The summed E-state index contributed by atoms with van der Waals surface area (Å²) < 4.78 is 0.